The van der Waals surface area contributed by atoms with Gasteiger partial charge in [0, 0.05) is 42.8 Å². The van der Waals surface area contributed by atoms with Gasteiger partial charge in [-0.25, -0.2) is 18.4 Å². The Morgan fingerprint density at radius 2 is 2.16 bits per heavy atom. The number of nitrogens with zero attached hydrogens (tertiary/aromatic N) is 5. The van der Waals surface area contributed by atoms with Crippen LogP contribution in [0.25, 0.3) is 27.6 Å². The number of carbonyl (C=O) groups is 1. The fraction of sp³-hybridized carbons (Fsp3) is 0.400. The van der Waals surface area contributed by atoms with Crippen LogP contribution in [0.1, 0.15) is 31.7 Å². The van der Waals surface area contributed by atoms with Crippen LogP contribution in [0.5, 0.6) is 0 Å². The van der Waals surface area contributed by atoms with E-state index in [9.17, 15) is 13.6 Å². The first-order valence-corrected chi connectivity index (χ1v) is 12.8. The summed E-state index contributed by atoms with van der Waals surface area (Å²) >= 11 is 3.51. The summed E-state index contributed by atoms with van der Waals surface area (Å²) in [4.78, 5) is 26.0. The lowest BCUT2D eigenvalue weighted by Gasteiger charge is -2.22. The lowest BCUT2D eigenvalue weighted by atomic mass is 9.87. The molecule has 0 unspecified atom stereocenters. The molecule has 2 atom stereocenters. The van der Waals surface area contributed by atoms with E-state index >= 15 is 0 Å². The number of fused-ring (bicyclic) bond motifs is 2. The lowest BCUT2D eigenvalue weighted by molar-refractivity contribution is -0.129. The van der Waals surface area contributed by atoms with Crippen LogP contribution in [0.4, 0.5) is 14.7 Å². The topological polar surface area (TPSA) is 110 Å². The van der Waals surface area contributed by atoms with Gasteiger partial charge >= 0.3 is 0 Å². The summed E-state index contributed by atoms with van der Waals surface area (Å²) in [6, 6.07) is 7.65. The molecule has 12 heteroatoms. The number of hydrogen-bond donors (Lipinski definition) is 3. The van der Waals surface area contributed by atoms with Crippen molar-refractivity contribution >= 4 is 49.7 Å². The number of rotatable bonds is 8. The van der Waals surface area contributed by atoms with E-state index < -0.39 is 18.4 Å². The Morgan fingerprint density at radius 1 is 1.32 bits per heavy atom. The largest absolute Gasteiger partial charge is 0.359 e. The maximum Gasteiger partial charge on any atom is 0.250 e. The molecule has 3 N–H and O–H groups in total. The smallest absolute Gasteiger partial charge is 0.250 e. The number of carbonyl (C=O) groups excluding carboxylic acids is 1. The third kappa shape index (κ3) is 5.12. The number of aromatic nitrogens is 5. The van der Waals surface area contributed by atoms with Crippen LogP contribution >= 0.6 is 15.9 Å². The van der Waals surface area contributed by atoms with E-state index in [1.807, 2.05) is 31.2 Å². The van der Waals surface area contributed by atoms with Crippen molar-refractivity contribution in [2.24, 2.45) is 5.41 Å². The summed E-state index contributed by atoms with van der Waals surface area (Å²) < 4.78 is 27.7. The Hall–Kier alpha value is -3.25. The molecule has 1 fully saturated rings. The van der Waals surface area contributed by atoms with Gasteiger partial charge in [-0.05, 0) is 59.0 Å². The van der Waals surface area contributed by atoms with Crippen LogP contribution in [0, 0.1) is 5.41 Å². The summed E-state index contributed by atoms with van der Waals surface area (Å²) in [5, 5.41) is 15.2. The molecule has 9 nitrogen and oxygen atoms in total. The molecule has 0 bridgehead atoms. The van der Waals surface area contributed by atoms with Gasteiger partial charge in [0.1, 0.15) is 4.60 Å². The van der Waals surface area contributed by atoms with Gasteiger partial charge in [0.2, 0.25) is 11.9 Å². The molecular weight excluding hydrogens is 546 g/mol. The van der Waals surface area contributed by atoms with Crippen LogP contribution in [-0.4, -0.2) is 56.7 Å². The van der Waals surface area contributed by atoms with Crippen molar-refractivity contribution < 1.29 is 13.6 Å². The normalized spacial score (nSPS) is 19.7. The minimum absolute atomic E-state index is 0.0415. The fourth-order valence-electron chi connectivity index (χ4n) is 5.00. The Bertz CT molecular complexity index is 1460. The van der Waals surface area contributed by atoms with Crippen LogP contribution in [0.2, 0.25) is 0 Å². The predicted molar refractivity (Wildman–Crippen MR) is 141 cm³/mol. The molecule has 1 amide bonds. The van der Waals surface area contributed by atoms with Gasteiger partial charge in [-0.3, -0.25) is 9.78 Å². The molecule has 3 aromatic heterocycles. The zero-order chi connectivity index (χ0) is 26.2. The van der Waals surface area contributed by atoms with E-state index in [4.69, 9.17) is 4.98 Å². The highest BCUT2D eigenvalue weighted by atomic mass is 79.9. The van der Waals surface area contributed by atoms with Crippen LogP contribution in [-0.2, 0) is 11.3 Å². The van der Waals surface area contributed by atoms with Crippen molar-refractivity contribution in [3.05, 3.63) is 46.8 Å². The summed E-state index contributed by atoms with van der Waals surface area (Å²) in [5.74, 6) is 0.494. The third-order valence-corrected chi connectivity index (χ3v) is 7.44. The number of pyridine rings is 1. The molecule has 5 rings (SSSR count). The molecular formula is C25H27BrF2N8O. The highest BCUT2D eigenvalue weighted by Crippen LogP contribution is 2.39. The average molecular weight is 573 g/mol. The predicted octanol–water partition coefficient (Wildman–Crippen LogP) is 4.20. The number of alkyl halides is 2. The van der Waals surface area contributed by atoms with Gasteiger partial charge in [-0.1, -0.05) is 13.0 Å². The summed E-state index contributed by atoms with van der Waals surface area (Å²) in [7, 11) is 1.66. The lowest BCUT2D eigenvalue weighted by Crippen LogP contribution is -2.35. The number of hydrogen-bond acceptors (Lipinski definition) is 7. The van der Waals surface area contributed by atoms with Gasteiger partial charge in [0.25, 0.3) is 6.43 Å². The number of amides is 1. The number of anilines is 1. The van der Waals surface area contributed by atoms with E-state index in [0.29, 0.717) is 22.6 Å². The Labute approximate surface area is 220 Å². The van der Waals surface area contributed by atoms with Crippen molar-refractivity contribution in [3.8, 4) is 5.69 Å². The maximum absolute atomic E-state index is 12.7. The molecule has 3 heterocycles. The molecule has 0 radical (unpaired) electrons. The van der Waals surface area contributed by atoms with Crippen molar-refractivity contribution in [2.75, 3.05) is 18.9 Å². The number of benzene rings is 1. The quantitative estimate of drug-likeness (QED) is 0.290. The molecule has 37 heavy (non-hydrogen) atoms. The van der Waals surface area contributed by atoms with E-state index in [-0.39, 0.29) is 18.5 Å². The molecule has 1 saturated carbocycles. The second-order valence-electron chi connectivity index (χ2n) is 9.56. The van der Waals surface area contributed by atoms with Gasteiger partial charge in [0.05, 0.1) is 23.1 Å². The van der Waals surface area contributed by atoms with E-state index in [1.54, 1.807) is 24.1 Å². The minimum Gasteiger partial charge on any atom is -0.359 e. The van der Waals surface area contributed by atoms with Crippen LogP contribution in [0.3, 0.4) is 0 Å². The van der Waals surface area contributed by atoms with Gasteiger partial charge in [0.15, 0.2) is 5.65 Å². The third-order valence-electron chi connectivity index (χ3n) is 6.86. The maximum atomic E-state index is 12.7. The van der Waals surface area contributed by atoms with Gasteiger partial charge in [-0.2, -0.15) is 10.1 Å². The van der Waals surface area contributed by atoms with E-state index in [0.717, 1.165) is 40.4 Å². The Kier molecular flexibility index (Phi) is 7.04. The van der Waals surface area contributed by atoms with Crippen molar-refractivity contribution in [2.45, 2.75) is 45.2 Å². The molecule has 1 aliphatic rings. The van der Waals surface area contributed by atoms with E-state index in [1.165, 1.54) is 0 Å². The summed E-state index contributed by atoms with van der Waals surface area (Å²) in [5.41, 5.74) is 2.41. The van der Waals surface area contributed by atoms with Gasteiger partial charge in [-0.15, -0.1) is 0 Å². The number of halogens is 3. The first kappa shape index (κ1) is 25.4. The summed E-state index contributed by atoms with van der Waals surface area (Å²) in [6.45, 7) is 1.81. The standard InChI is InChI=1S/C25H27BrF2N8O/c1-25(23(37)29-2)6-5-16(10-25)33-24-32-12-18-21(26)35-36(22(18)34-24)17-8-14-4-3-7-31-20(14)15(9-17)11-30-13-19(27)28/h3-4,7-9,12,16,19,30H,5-6,10-11,13H2,1-2H3,(H,29,37)(H,32,33,34)/t16-,25-/m1/s1. The van der Waals surface area contributed by atoms with Crippen molar-refractivity contribution in [1.82, 2.24) is 35.4 Å². The summed E-state index contributed by atoms with van der Waals surface area (Å²) in [6.07, 6.45) is 3.25. The van der Waals surface area contributed by atoms with Crippen LogP contribution in [0.15, 0.2) is 41.3 Å². The highest BCUT2D eigenvalue weighted by molar-refractivity contribution is 9.10. The first-order chi connectivity index (χ1) is 17.8. The van der Waals surface area contributed by atoms with E-state index in [2.05, 4.69) is 46.9 Å². The second-order valence-corrected chi connectivity index (χ2v) is 10.3. The molecule has 4 aromatic rings. The second kappa shape index (κ2) is 10.3. The average Bonchev–Trinajstić information content (AvgIpc) is 3.43. The monoisotopic (exact) mass is 572 g/mol. The molecule has 1 aliphatic carbocycles. The van der Waals surface area contributed by atoms with Crippen LogP contribution < -0.4 is 16.0 Å². The molecule has 0 aliphatic heterocycles. The molecule has 0 spiro atoms. The fourth-order valence-corrected chi connectivity index (χ4v) is 5.43. The highest BCUT2D eigenvalue weighted by Gasteiger charge is 2.41. The molecule has 194 valence electrons. The Balaban J connectivity index is 1.48. The molecule has 0 saturated heterocycles. The number of nitrogens with one attached hydrogen (secondary N) is 3. The minimum atomic E-state index is -2.44. The zero-order valence-corrected chi connectivity index (χ0v) is 22.0. The zero-order valence-electron chi connectivity index (χ0n) is 20.4. The first-order valence-electron chi connectivity index (χ1n) is 12.0. The Morgan fingerprint density at radius 3 is 2.95 bits per heavy atom. The van der Waals surface area contributed by atoms with Gasteiger partial charge < -0.3 is 16.0 Å². The molecule has 1 aromatic carbocycles. The van der Waals surface area contributed by atoms with Crippen molar-refractivity contribution in [1.29, 1.82) is 0 Å². The van der Waals surface area contributed by atoms with Crippen molar-refractivity contribution in [3.63, 3.8) is 0 Å². The SMILES string of the molecule is CNC(=O)[C@]1(C)CC[C@@H](Nc2ncc3c(Br)nn(-c4cc(CNCC(F)F)c5ncccc5c4)c3n2)C1.